The Morgan fingerprint density at radius 2 is 2.21 bits per heavy atom. The number of urea groups is 1. The average Bonchev–Trinajstić information content (AvgIpc) is 2.28. The van der Waals surface area contributed by atoms with Crippen LogP contribution in [-0.4, -0.2) is 23.1 Å². The Labute approximate surface area is 110 Å². The van der Waals surface area contributed by atoms with Gasteiger partial charge in [0, 0.05) is 6.04 Å². The van der Waals surface area contributed by atoms with Gasteiger partial charge in [-0.05, 0) is 31.5 Å². The Kier molecular flexibility index (Phi) is 5.05. The van der Waals surface area contributed by atoms with E-state index in [9.17, 15) is 14.0 Å². The Hall–Kier alpha value is -2.37. The molecule has 0 aromatic heterocycles. The molecule has 1 aromatic carbocycles. The molecule has 0 radical (unpaired) electrons. The van der Waals surface area contributed by atoms with E-state index in [4.69, 9.17) is 5.11 Å². The molecule has 0 aliphatic carbocycles. The first-order valence-electron chi connectivity index (χ1n) is 5.65. The second-order valence-electron chi connectivity index (χ2n) is 4.02. The van der Waals surface area contributed by atoms with E-state index in [2.05, 4.69) is 17.2 Å². The second kappa shape index (κ2) is 6.53. The Bertz CT molecular complexity index is 503. The van der Waals surface area contributed by atoms with Crippen LogP contribution in [0.3, 0.4) is 0 Å². The zero-order valence-electron chi connectivity index (χ0n) is 10.4. The summed E-state index contributed by atoms with van der Waals surface area (Å²) in [6, 6.07) is 2.33. The van der Waals surface area contributed by atoms with E-state index in [0.29, 0.717) is 6.42 Å². The lowest BCUT2D eigenvalue weighted by Crippen LogP contribution is -2.36. The first-order valence-corrected chi connectivity index (χ1v) is 5.65. The molecule has 1 unspecified atom stereocenters. The molecule has 0 saturated heterocycles. The largest absolute Gasteiger partial charge is 0.478 e. The molecule has 0 bridgehead atoms. The van der Waals surface area contributed by atoms with Gasteiger partial charge in [-0.15, -0.1) is 6.58 Å². The van der Waals surface area contributed by atoms with Gasteiger partial charge in [-0.25, -0.2) is 14.0 Å². The number of amides is 2. The standard InChI is InChI=1S/C13H15FN2O3/c1-3-4-8(2)15-13(19)16-11-7-9(14)5-6-10(11)12(17)18/h3,5-8H,1,4H2,2H3,(H,17,18)(H2,15,16,19). The van der Waals surface area contributed by atoms with Crippen molar-refractivity contribution in [3.63, 3.8) is 0 Å². The number of carbonyl (C=O) groups is 2. The quantitative estimate of drug-likeness (QED) is 0.717. The highest BCUT2D eigenvalue weighted by atomic mass is 19.1. The van der Waals surface area contributed by atoms with Gasteiger partial charge in [0.15, 0.2) is 0 Å². The first kappa shape index (κ1) is 14.7. The molecule has 1 aromatic rings. The van der Waals surface area contributed by atoms with Gasteiger partial charge >= 0.3 is 12.0 Å². The van der Waals surface area contributed by atoms with Gasteiger partial charge in [0.2, 0.25) is 0 Å². The maximum Gasteiger partial charge on any atom is 0.337 e. The van der Waals surface area contributed by atoms with Crippen LogP contribution < -0.4 is 10.6 Å². The van der Waals surface area contributed by atoms with E-state index in [-0.39, 0.29) is 17.3 Å². The fraction of sp³-hybridized carbons (Fsp3) is 0.231. The van der Waals surface area contributed by atoms with Crippen molar-refractivity contribution >= 4 is 17.7 Å². The summed E-state index contributed by atoms with van der Waals surface area (Å²) >= 11 is 0. The lowest BCUT2D eigenvalue weighted by molar-refractivity contribution is 0.0698. The van der Waals surface area contributed by atoms with Crippen molar-refractivity contribution < 1.29 is 19.1 Å². The summed E-state index contributed by atoms with van der Waals surface area (Å²) in [5.74, 6) is -1.87. The second-order valence-corrected chi connectivity index (χ2v) is 4.02. The van der Waals surface area contributed by atoms with Gasteiger partial charge in [0.05, 0.1) is 11.3 Å². The highest BCUT2D eigenvalue weighted by Crippen LogP contribution is 2.17. The van der Waals surface area contributed by atoms with Crippen molar-refractivity contribution in [2.24, 2.45) is 0 Å². The summed E-state index contributed by atoms with van der Waals surface area (Å²) in [4.78, 5) is 22.5. The molecule has 3 N–H and O–H groups in total. The number of carboxylic acid groups (broad SMARTS) is 1. The summed E-state index contributed by atoms with van der Waals surface area (Å²) in [5, 5.41) is 13.8. The third kappa shape index (κ3) is 4.42. The number of aromatic carboxylic acids is 1. The minimum Gasteiger partial charge on any atom is -0.478 e. The fourth-order valence-electron chi connectivity index (χ4n) is 1.50. The number of rotatable bonds is 5. The van der Waals surface area contributed by atoms with E-state index in [1.54, 1.807) is 13.0 Å². The monoisotopic (exact) mass is 266 g/mol. The molecule has 0 spiro atoms. The van der Waals surface area contributed by atoms with Crippen molar-refractivity contribution in [3.8, 4) is 0 Å². The molecule has 1 atom stereocenters. The van der Waals surface area contributed by atoms with Crippen molar-refractivity contribution in [1.29, 1.82) is 0 Å². The molecule has 5 nitrogen and oxygen atoms in total. The zero-order valence-corrected chi connectivity index (χ0v) is 10.4. The molecule has 6 heteroatoms. The van der Waals surface area contributed by atoms with Crippen LogP contribution in [0.1, 0.15) is 23.7 Å². The summed E-state index contributed by atoms with van der Waals surface area (Å²) in [5.41, 5.74) is -0.260. The van der Waals surface area contributed by atoms with Crippen molar-refractivity contribution in [1.82, 2.24) is 5.32 Å². The number of carboxylic acids is 1. The van der Waals surface area contributed by atoms with Crippen molar-refractivity contribution in [2.45, 2.75) is 19.4 Å². The SMILES string of the molecule is C=CCC(C)NC(=O)Nc1cc(F)ccc1C(=O)O. The highest BCUT2D eigenvalue weighted by Gasteiger charge is 2.14. The van der Waals surface area contributed by atoms with Crippen LogP contribution in [-0.2, 0) is 0 Å². The number of anilines is 1. The van der Waals surface area contributed by atoms with Gasteiger partial charge in [0.1, 0.15) is 5.82 Å². The van der Waals surface area contributed by atoms with Crippen LogP contribution in [0.15, 0.2) is 30.9 Å². The molecular formula is C13H15FN2O3. The van der Waals surface area contributed by atoms with Gasteiger partial charge < -0.3 is 15.7 Å². The fourth-order valence-corrected chi connectivity index (χ4v) is 1.50. The van der Waals surface area contributed by atoms with Crippen LogP contribution in [0.5, 0.6) is 0 Å². The Morgan fingerprint density at radius 3 is 2.79 bits per heavy atom. The molecule has 0 heterocycles. The highest BCUT2D eigenvalue weighted by molar-refractivity contribution is 6.00. The summed E-state index contributed by atoms with van der Waals surface area (Å²) < 4.78 is 13.1. The lowest BCUT2D eigenvalue weighted by Gasteiger charge is -2.14. The molecule has 0 aliphatic heterocycles. The first-order chi connectivity index (χ1) is 8.93. The maximum atomic E-state index is 13.1. The predicted molar refractivity (Wildman–Crippen MR) is 69.8 cm³/mol. The van der Waals surface area contributed by atoms with Gasteiger partial charge in [-0.2, -0.15) is 0 Å². The molecule has 0 saturated carbocycles. The number of halogens is 1. The summed E-state index contributed by atoms with van der Waals surface area (Å²) in [7, 11) is 0. The molecule has 102 valence electrons. The topological polar surface area (TPSA) is 78.4 Å². The van der Waals surface area contributed by atoms with Crippen LogP contribution in [0.4, 0.5) is 14.9 Å². The van der Waals surface area contributed by atoms with Crippen LogP contribution in [0, 0.1) is 5.82 Å². The number of nitrogens with one attached hydrogen (secondary N) is 2. The van der Waals surface area contributed by atoms with Crippen LogP contribution >= 0.6 is 0 Å². The normalized spacial score (nSPS) is 11.5. The van der Waals surface area contributed by atoms with E-state index >= 15 is 0 Å². The van der Waals surface area contributed by atoms with Crippen LogP contribution in [0.2, 0.25) is 0 Å². The van der Waals surface area contributed by atoms with E-state index in [1.807, 2.05) is 0 Å². The predicted octanol–water partition coefficient (Wildman–Crippen LogP) is 2.61. The van der Waals surface area contributed by atoms with E-state index in [0.717, 1.165) is 18.2 Å². The molecule has 2 amide bonds. The van der Waals surface area contributed by atoms with E-state index < -0.39 is 17.8 Å². The molecule has 0 aliphatic rings. The number of benzene rings is 1. The Morgan fingerprint density at radius 1 is 1.53 bits per heavy atom. The Balaban J connectivity index is 2.81. The summed E-state index contributed by atoms with van der Waals surface area (Å²) in [6.07, 6.45) is 2.22. The zero-order chi connectivity index (χ0) is 14.4. The smallest absolute Gasteiger partial charge is 0.337 e. The molecule has 19 heavy (non-hydrogen) atoms. The number of hydrogen-bond acceptors (Lipinski definition) is 2. The third-order valence-electron chi connectivity index (χ3n) is 2.36. The van der Waals surface area contributed by atoms with E-state index in [1.165, 1.54) is 0 Å². The van der Waals surface area contributed by atoms with Crippen LogP contribution in [0.25, 0.3) is 0 Å². The maximum absolute atomic E-state index is 13.1. The van der Waals surface area contributed by atoms with Gasteiger partial charge in [-0.1, -0.05) is 6.08 Å². The minimum absolute atomic E-state index is 0.0872. The molecule has 1 rings (SSSR count). The van der Waals surface area contributed by atoms with Crippen molar-refractivity contribution in [2.75, 3.05) is 5.32 Å². The van der Waals surface area contributed by atoms with Crippen molar-refractivity contribution in [3.05, 3.63) is 42.2 Å². The number of hydrogen-bond donors (Lipinski definition) is 3. The lowest BCUT2D eigenvalue weighted by atomic mass is 10.1. The van der Waals surface area contributed by atoms with Gasteiger partial charge in [0.25, 0.3) is 0 Å². The number of carbonyl (C=O) groups excluding carboxylic acids is 1. The third-order valence-corrected chi connectivity index (χ3v) is 2.36. The summed E-state index contributed by atoms with van der Waals surface area (Å²) in [6.45, 7) is 5.31. The molecule has 0 fully saturated rings. The van der Waals surface area contributed by atoms with Gasteiger partial charge in [-0.3, -0.25) is 0 Å². The molecular weight excluding hydrogens is 251 g/mol. The average molecular weight is 266 g/mol. The minimum atomic E-state index is -1.24.